The summed E-state index contributed by atoms with van der Waals surface area (Å²) in [5.41, 5.74) is 0. The Morgan fingerprint density at radius 2 is 2.00 bits per heavy atom. The quantitative estimate of drug-likeness (QED) is 0.654. The average molecular weight is 270 g/mol. The summed E-state index contributed by atoms with van der Waals surface area (Å²) in [5, 5.41) is 3.40. The number of hydrogen-bond donors (Lipinski definition) is 1. The van der Waals surface area contributed by atoms with E-state index in [1.165, 1.54) is 6.42 Å². The Hall–Kier alpha value is -0.610. The maximum atomic E-state index is 12.3. The van der Waals surface area contributed by atoms with E-state index >= 15 is 0 Å². The van der Waals surface area contributed by atoms with E-state index in [1.807, 2.05) is 4.90 Å². The monoisotopic (exact) mass is 270 g/mol. The fourth-order valence-corrected chi connectivity index (χ4v) is 2.42. The number of ether oxygens (including phenoxy) is 1. The van der Waals surface area contributed by atoms with Crippen LogP contribution in [0.1, 0.15) is 53.4 Å². The van der Waals surface area contributed by atoms with Gasteiger partial charge in [0.15, 0.2) is 0 Å². The lowest BCUT2D eigenvalue weighted by atomic mass is 9.99. The molecule has 0 radical (unpaired) electrons. The zero-order chi connectivity index (χ0) is 14.3. The molecular weight excluding hydrogens is 240 g/mol. The standard InChI is InChI=1S/C15H30N2O2/c1-5-7-10-19-11-8-9-17-13(4)16-14(15(17)18)12(3)6-2/h12-14,16H,5-11H2,1-4H3. The van der Waals surface area contributed by atoms with Crippen LogP contribution in [0.15, 0.2) is 0 Å². The number of unbranched alkanes of at least 4 members (excludes halogenated alkanes) is 1. The van der Waals surface area contributed by atoms with Crippen molar-refractivity contribution in [3.8, 4) is 0 Å². The van der Waals surface area contributed by atoms with Crippen LogP contribution >= 0.6 is 0 Å². The van der Waals surface area contributed by atoms with Crippen molar-refractivity contribution in [1.29, 1.82) is 0 Å². The molecule has 1 rings (SSSR count). The summed E-state index contributed by atoms with van der Waals surface area (Å²) in [5.74, 6) is 0.663. The van der Waals surface area contributed by atoms with Gasteiger partial charge >= 0.3 is 0 Å². The molecule has 1 aliphatic heterocycles. The van der Waals surface area contributed by atoms with Crippen molar-refractivity contribution < 1.29 is 9.53 Å². The van der Waals surface area contributed by atoms with E-state index in [0.717, 1.165) is 39.0 Å². The fourth-order valence-electron chi connectivity index (χ4n) is 2.42. The molecule has 1 aliphatic rings. The Balaban J connectivity index is 2.28. The van der Waals surface area contributed by atoms with Crippen LogP contribution in [0.4, 0.5) is 0 Å². The van der Waals surface area contributed by atoms with Crippen molar-refractivity contribution >= 4 is 5.91 Å². The third kappa shape index (κ3) is 4.77. The fraction of sp³-hybridized carbons (Fsp3) is 0.933. The minimum Gasteiger partial charge on any atom is -0.381 e. The van der Waals surface area contributed by atoms with Crippen molar-refractivity contribution in [2.75, 3.05) is 19.8 Å². The second-order valence-corrected chi connectivity index (χ2v) is 5.56. The lowest BCUT2D eigenvalue weighted by Gasteiger charge is -2.20. The molecule has 1 fully saturated rings. The molecule has 19 heavy (non-hydrogen) atoms. The SMILES string of the molecule is CCCCOCCCN1C(=O)C(C(C)CC)NC1C. The van der Waals surface area contributed by atoms with Crippen LogP contribution < -0.4 is 5.32 Å². The third-order valence-electron chi connectivity index (χ3n) is 3.98. The van der Waals surface area contributed by atoms with Crippen molar-refractivity contribution in [3.05, 3.63) is 0 Å². The third-order valence-corrected chi connectivity index (χ3v) is 3.98. The van der Waals surface area contributed by atoms with Crippen LogP contribution in [-0.2, 0) is 9.53 Å². The lowest BCUT2D eigenvalue weighted by molar-refractivity contribution is -0.130. The van der Waals surface area contributed by atoms with Crippen LogP contribution in [0.5, 0.6) is 0 Å². The molecule has 1 heterocycles. The Bertz CT molecular complexity index is 271. The molecule has 0 aromatic carbocycles. The van der Waals surface area contributed by atoms with Crippen molar-refractivity contribution in [2.45, 2.75) is 65.6 Å². The van der Waals surface area contributed by atoms with Crippen molar-refractivity contribution in [2.24, 2.45) is 5.92 Å². The predicted octanol–water partition coefficient (Wildman–Crippen LogP) is 2.39. The van der Waals surface area contributed by atoms with Gasteiger partial charge in [-0.2, -0.15) is 0 Å². The first-order valence-corrected chi connectivity index (χ1v) is 7.76. The molecule has 3 atom stereocenters. The highest BCUT2D eigenvalue weighted by molar-refractivity contribution is 5.84. The Morgan fingerprint density at radius 3 is 2.63 bits per heavy atom. The summed E-state index contributed by atoms with van der Waals surface area (Å²) < 4.78 is 5.54. The van der Waals surface area contributed by atoms with E-state index in [4.69, 9.17) is 4.74 Å². The largest absolute Gasteiger partial charge is 0.381 e. The first-order chi connectivity index (χ1) is 9.11. The molecule has 0 saturated carbocycles. The zero-order valence-electron chi connectivity index (χ0n) is 12.9. The van der Waals surface area contributed by atoms with Gasteiger partial charge in [0.1, 0.15) is 0 Å². The Morgan fingerprint density at radius 1 is 1.32 bits per heavy atom. The highest BCUT2D eigenvalue weighted by atomic mass is 16.5. The molecule has 0 aromatic heterocycles. The molecule has 0 aromatic rings. The molecule has 0 bridgehead atoms. The van der Waals surface area contributed by atoms with Crippen LogP contribution in [0.3, 0.4) is 0 Å². The van der Waals surface area contributed by atoms with Gasteiger partial charge in [0.2, 0.25) is 5.91 Å². The number of amides is 1. The molecule has 0 spiro atoms. The Labute approximate surface area is 117 Å². The number of rotatable bonds is 9. The van der Waals surface area contributed by atoms with E-state index in [-0.39, 0.29) is 18.1 Å². The van der Waals surface area contributed by atoms with E-state index in [0.29, 0.717) is 5.92 Å². The summed E-state index contributed by atoms with van der Waals surface area (Å²) in [6.07, 6.45) is 4.40. The number of carbonyl (C=O) groups excluding carboxylic acids is 1. The number of nitrogens with zero attached hydrogens (tertiary/aromatic N) is 1. The molecular formula is C15H30N2O2. The smallest absolute Gasteiger partial charge is 0.241 e. The maximum absolute atomic E-state index is 12.3. The lowest BCUT2D eigenvalue weighted by Crippen LogP contribution is -2.36. The Kier molecular flexibility index (Phi) is 7.39. The predicted molar refractivity (Wildman–Crippen MR) is 77.9 cm³/mol. The van der Waals surface area contributed by atoms with Gasteiger partial charge in [-0.05, 0) is 25.7 Å². The molecule has 1 saturated heterocycles. The van der Waals surface area contributed by atoms with Gasteiger partial charge in [0.05, 0.1) is 12.2 Å². The van der Waals surface area contributed by atoms with Gasteiger partial charge in [-0.1, -0.05) is 33.6 Å². The number of carbonyl (C=O) groups is 1. The minimum atomic E-state index is 0.000935. The van der Waals surface area contributed by atoms with Gasteiger partial charge in [0, 0.05) is 19.8 Å². The van der Waals surface area contributed by atoms with Gasteiger partial charge in [-0.15, -0.1) is 0 Å². The summed E-state index contributed by atoms with van der Waals surface area (Å²) in [6.45, 7) is 10.9. The van der Waals surface area contributed by atoms with Gasteiger partial charge in [-0.3, -0.25) is 10.1 Å². The molecule has 3 unspecified atom stereocenters. The van der Waals surface area contributed by atoms with Crippen LogP contribution in [0.25, 0.3) is 0 Å². The summed E-state index contributed by atoms with van der Waals surface area (Å²) in [6, 6.07) is 0.000935. The number of hydrogen-bond acceptors (Lipinski definition) is 3. The normalized spacial score (nSPS) is 25.1. The molecule has 4 heteroatoms. The van der Waals surface area contributed by atoms with Gasteiger partial charge < -0.3 is 9.64 Å². The molecule has 4 nitrogen and oxygen atoms in total. The second-order valence-electron chi connectivity index (χ2n) is 5.56. The molecule has 1 amide bonds. The van der Waals surface area contributed by atoms with Crippen molar-refractivity contribution in [1.82, 2.24) is 10.2 Å². The summed E-state index contributed by atoms with van der Waals surface area (Å²) in [7, 11) is 0. The highest BCUT2D eigenvalue weighted by Crippen LogP contribution is 2.19. The highest BCUT2D eigenvalue weighted by Gasteiger charge is 2.38. The minimum absolute atomic E-state index is 0.000935. The summed E-state index contributed by atoms with van der Waals surface area (Å²) >= 11 is 0. The molecule has 112 valence electrons. The van der Waals surface area contributed by atoms with Gasteiger partial charge in [-0.25, -0.2) is 0 Å². The first kappa shape index (κ1) is 16.4. The summed E-state index contributed by atoms with van der Waals surface area (Å²) in [4.78, 5) is 14.3. The first-order valence-electron chi connectivity index (χ1n) is 7.76. The second kappa shape index (κ2) is 8.54. The van der Waals surface area contributed by atoms with E-state index in [2.05, 4.69) is 33.0 Å². The topological polar surface area (TPSA) is 41.6 Å². The number of nitrogens with one attached hydrogen (secondary N) is 1. The van der Waals surface area contributed by atoms with Crippen LogP contribution in [-0.4, -0.2) is 42.8 Å². The molecule has 1 N–H and O–H groups in total. The van der Waals surface area contributed by atoms with Crippen LogP contribution in [0.2, 0.25) is 0 Å². The van der Waals surface area contributed by atoms with E-state index < -0.39 is 0 Å². The van der Waals surface area contributed by atoms with Gasteiger partial charge in [0.25, 0.3) is 0 Å². The zero-order valence-corrected chi connectivity index (χ0v) is 12.9. The maximum Gasteiger partial charge on any atom is 0.241 e. The van der Waals surface area contributed by atoms with E-state index in [1.54, 1.807) is 0 Å². The average Bonchev–Trinajstić information content (AvgIpc) is 2.69. The van der Waals surface area contributed by atoms with Crippen molar-refractivity contribution in [3.63, 3.8) is 0 Å². The van der Waals surface area contributed by atoms with E-state index in [9.17, 15) is 4.79 Å². The van der Waals surface area contributed by atoms with Crippen LogP contribution in [0, 0.1) is 5.92 Å². The molecule has 0 aliphatic carbocycles.